The second-order valence-corrected chi connectivity index (χ2v) is 4.14. The van der Waals surface area contributed by atoms with Crippen molar-refractivity contribution in [2.45, 2.75) is 32.4 Å². The Morgan fingerprint density at radius 1 is 1.41 bits per heavy atom. The number of carbonyl (C=O) groups is 1. The van der Waals surface area contributed by atoms with E-state index in [1.807, 2.05) is 31.2 Å². The molecule has 3 N–H and O–H groups in total. The highest BCUT2D eigenvalue weighted by Gasteiger charge is 2.06. The SMILES string of the molecule is Cc1ccccc1CNCC(O)CCC(=O)O. The van der Waals surface area contributed by atoms with Gasteiger partial charge in [-0.05, 0) is 24.5 Å². The molecule has 1 atom stereocenters. The van der Waals surface area contributed by atoms with E-state index in [9.17, 15) is 9.90 Å². The third-order valence-corrected chi connectivity index (χ3v) is 2.65. The summed E-state index contributed by atoms with van der Waals surface area (Å²) in [6.45, 7) is 3.15. The van der Waals surface area contributed by atoms with E-state index in [0.29, 0.717) is 13.1 Å². The number of hydrogen-bond donors (Lipinski definition) is 3. The summed E-state index contributed by atoms with van der Waals surface area (Å²) < 4.78 is 0. The topological polar surface area (TPSA) is 69.6 Å². The molecule has 1 aromatic carbocycles. The van der Waals surface area contributed by atoms with E-state index in [4.69, 9.17) is 5.11 Å². The lowest BCUT2D eigenvalue weighted by Crippen LogP contribution is -2.27. The van der Waals surface area contributed by atoms with Crippen molar-refractivity contribution in [1.29, 1.82) is 0 Å². The van der Waals surface area contributed by atoms with Crippen molar-refractivity contribution in [1.82, 2.24) is 5.32 Å². The molecule has 0 aromatic heterocycles. The lowest BCUT2D eigenvalue weighted by atomic mass is 10.1. The van der Waals surface area contributed by atoms with Crippen LogP contribution in [0.2, 0.25) is 0 Å². The molecule has 1 unspecified atom stereocenters. The fraction of sp³-hybridized carbons (Fsp3) is 0.462. The predicted octanol–water partition coefficient (Wildman–Crippen LogP) is 1.31. The number of aryl methyl sites for hydroxylation is 1. The molecule has 1 rings (SSSR count). The Balaban J connectivity index is 2.24. The molecule has 0 spiro atoms. The summed E-state index contributed by atoms with van der Waals surface area (Å²) in [4.78, 5) is 10.3. The van der Waals surface area contributed by atoms with Crippen LogP contribution in [0.3, 0.4) is 0 Å². The Morgan fingerprint density at radius 3 is 2.76 bits per heavy atom. The van der Waals surface area contributed by atoms with E-state index in [1.165, 1.54) is 11.1 Å². The van der Waals surface area contributed by atoms with Crippen LogP contribution < -0.4 is 5.32 Å². The zero-order chi connectivity index (χ0) is 12.7. The number of rotatable bonds is 7. The maximum absolute atomic E-state index is 10.3. The molecule has 0 aliphatic heterocycles. The second-order valence-electron chi connectivity index (χ2n) is 4.14. The van der Waals surface area contributed by atoms with Crippen LogP contribution in [0, 0.1) is 6.92 Å². The normalized spacial score (nSPS) is 12.4. The summed E-state index contributed by atoms with van der Waals surface area (Å²) in [6.07, 6.45) is -0.307. The van der Waals surface area contributed by atoms with Gasteiger partial charge in [-0.3, -0.25) is 4.79 Å². The van der Waals surface area contributed by atoms with Crippen molar-refractivity contribution in [3.8, 4) is 0 Å². The smallest absolute Gasteiger partial charge is 0.303 e. The molecule has 0 heterocycles. The van der Waals surface area contributed by atoms with Gasteiger partial charge in [0.2, 0.25) is 0 Å². The largest absolute Gasteiger partial charge is 0.481 e. The van der Waals surface area contributed by atoms with Gasteiger partial charge in [0, 0.05) is 19.5 Å². The predicted molar refractivity (Wildman–Crippen MR) is 65.8 cm³/mol. The molecule has 0 saturated carbocycles. The van der Waals surface area contributed by atoms with Gasteiger partial charge >= 0.3 is 5.97 Å². The molecule has 0 fully saturated rings. The maximum atomic E-state index is 10.3. The minimum atomic E-state index is -0.872. The van der Waals surface area contributed by atoms with E-state index in [-0.39, 0.29) is 12.8 Å². The van der Waals surface area contributed by atoms with Crippen LogP contribution in [-0.4, -0.2) is 28.8 Å². The zero-order valence-corrected chi connectivity index (χ0v) is 10.0. The lowest BCUT2D eigenvalue weighted by Gasteiger charge is -2.11. The lowest BCUT2D eigenvalue weighted by molar-refractivity contribution is -0.137. The molecule has 0 amide bonds. The zero-order valence-electron chi connectivity index (χ0n) is 10.0. The number of aliphatic hydroxyl groups excluding tert-OH is 1. The molecule has 17 heavy (non-hydrogen) atoms. The average molecular weight is 237 g/mol. The number of benzene rings is 1. The molecule has 0 bridgehead atoms. The Hall–Kier alpha value is -1.39. The highest BCUT2D eigenvalue weighted by atomic mass is 16.4. The minimum Gasteiger partial charge on any atom is -0.481 e. The van der Waals surface area contributed by atoms with E-state index >= 15 is 0 Å². The molecule has 0 saturated heterocycles. The van der Waals surface area contributed by atoms with Crippen molar-refractivity contribution in [3.05, 3.63) is 35.4 Å². The van der Waals surface area contributed by atoms with Crippen molar-refractivity contribution in [2.75, 3.05) is 6.54 Å². The first kappa shape index (κ1) is 13.7. The molecule has 0 radical (unpaired) electrons. The third-order valence-electron chi connectivity index (χ3n) is 2.65. The summed E-state index contributed by atoms with van der Waals surface area (Å²) in [7, 11) is 0. The van der Waals surface area contributed by atoms with Gasteiger partial charge < -0.3 is 15.5 Å². The van der Waals surface area contributed by atoms with Gasteiger partial charge in [0.05, 0.1) is 6.10 Å². The molecular formula is C13H19NO3. The van der Waals surface area contributed by atoms with E-state index in [0.717, 1.165) is 0 Å². The van der Waals surface area contributed by atoms with E-state index in [1.54, 1.807) is 0 Å². The van der Waals surface area contributed by atoms with Crippen molar-refractivity contribution in [3.63, 3.8) is 0 Å². The summed E-state index contributed by atoms with van der Waals surface area (Å²) in [6, 6.07) is 8.04. The Morgan fingerprint density at radius 2 is 2.12 bits per heavy atom. The highest BCUT2D eigenvalue weighted by Crippen LogP contribution is 2.06. The number of nitrogens with one attached hydrogen (secondary N) is 1. The number of carboxylic acids is 1. The minimum absolute atomic E-state index is 0.00715. The third kappa shape index (κ3) is 5.47. The Kier molecular flexibility index (Phi) is 5.66. The first-order valence-electron chi connectivity index (χ1n) is 5.74. The maximum Gasteiger partial charge on any atom is 0.303 e. The monoisotopic (exact) mass is 237 g/mol. The van der Waals surface area contributed by atoms with Gasteiger partial charge in [0.15, 0.2) is 0 Å². The van der Waals surface area contributed by atoms with Crippen molar-refractivity contribution >= 4 is 5.97 Å². The molecular weight excluding hydrogens is 218 g/mol. The van der Waals surface area contributed by atoms with Crippen molar-refractivity contribution in [2.24, 2.45) is 0 Å². The molecule has 4 nitrogen and oxygen atoms in total. The second kappa shape index (κ2) is 7.04. The average Bonchev–Trinajstić information content (AvgIpc) is 2.29. The van der Waals surface area contributed by atoms with E-state index in [2.05, 4.69) is 5.32 Å². The molecule has 94 valence electrons. The molecule has 0 aliphatic carbocycles. The molecule has 0 aliphatic rings. The van der Waals surface area contributed by atoms with Crippen molar-refractivity contribution < 1.29 is 15.0 Å². The van der Waals surface area contributed by atoms with Crippen LogP contribution in [0.4, 0.5) is 0 Å². The van der Waals surface area contributed by atoms with Crippen LogP contribution in [0.15, 0.2) is 24.3 Å². The molecule has 4 heteroatoms. The quantitative estimate of drug-likeness (QED) is 0.668. The van der Waals surface area contributed by atoms with Gasteiger partial charge in [-0.25, -0.2) is 0 Å². The highest BCUT2D eigenvalue weighted by molar-refractivity contribution is 5.66. The van der Waals surface area contributed by atoms with Crippen LogP contribution in [0.1, 0.15) is 24.0 Å². The number of hydrogen-bond acceptors (Lipinski definition) is 3. The number of aliphatic carboxylic acids is 1. The van der Waals surface area contributed by atoms with Gasteiger partial charge in [-0.1, -0.05) is 24.3 Å². The Labute approximate surface area is 101 Å². The van der Waals surface area contributed by atoms with Crippen LogP contribution >= 0.6 is 0 Å². The summed E-state index contributed by atoms with van der Waals surface area (Å²) in [5, 5.41) is 21.1. The van der Waals surface area contributed by atoms with E-state index < -0.39 is 12.1 Å². The summed E-state index contributed by atoms with van der Waals surface area (Å²) >= 11 is 0. The standard InChI is InChI=1S/C13H19NO3/c1-10-4-2-3-5-11(10)8-14-9-12(15)6-7-13(16)17/h2-5,12,14-15H,6-9H2,1H3,(H,16,17). The van der Waals surface area contributed by atoms with Gasteiger partial charge in [-0.15, -0.1) is 0 Å². The first-order chi connectivity index (χ1) is 8.09. The van der Waals surface area contributed by atoms with Gasteiger partial charge in [0.25, 0.3) is 0 Å². The number of carboxylic acid groups (broad SMARTS) is 1. The van der Waals surface area contributed by atoms with Crippen LogP contribution in [-0.2, 0) is 11.3 Å². The van der Waals surface area contributed by atoms with Gasteiger partial charge in [-0.2, -0.15) is 0 Å². The fourth-order valence-corrected chi connectivity index (χ4v) is 1.57. The number of aliphatic hydroxyl groups is 1. The van der Waals surface area contributed by atoms with Crippen LogP contribution in [0.25, 0.3) is 0 Å². The summed E-state index contributed by atoms with van der Waals surface area (Å²) in [5.74, 6) is -0.872. The molecule has 1 aromatic rings. The van der Waals surface area contributed by atoms with Gasteiger partial charge in [0.1, 0.15) is 0 Å². The van der Waals surface area contributed by atoms with Crippen LogP contribution in [0.5, 0.6) is 0 Å². The Bertz CT molecular complexity index is 365. The first-order valence-corrected chi connectivity index (χ1v) is 5.74. The fourth-order valence-electron chi connectivity index (χ4n) is 1.57. The summed E-state index contributed by atoms with van der Waals surface area (Å²) in [5.41, 5.74) is 2.40.